The molecular formula is C25H30ClN3O6S. The van der Waals surface area contributed by atoms with E-state index in [0.29, 0.717) is 17.7 Å². The molecule has 0 saturated heterocycles. The Kier molecular flexibility index (Phi) is 10.3. The molecule has 2 N–H and O–H groups in total. The minimum absolute atomic E-state index is 0.0290. The number of nitrogens with zero attached hydrogens (tertiary/aromatic N) is 1. The summed E-state index contributed by atoms with van der Waals surface area (Å²) in [6.07, 6.45) is 0.983. The van der Waals surface area contributed by atoms with Crippen LogP contribution in [0.15, 0.2) is 42.5 Å². The summed E-state index contributed by atoms with van der Waals surface area (Å²) in [4.78, 5) is 48.4. The van der Waals surface area contributed by atoms with Crippen LogP contribution in [-0.2, 0) is 19.7 Å². The summed E-state index contributed by atoms with van der Waals surface area (Å²) in [6, 6.07) is 9.80. The summed E-state index contributed by atoms with van der Waals surface area (Å²) in [6.45, 7) is 7.60. The van der Waals surface area contributed by atoms with Crippen LogP contribution in [0, 0.1) is 10.1 Å². The SMILES string of the molecule is CSCC[C@@H](NC(=O)c1ccc(C(C)(C)C)cc1)C(=O)O[C@H](C)C(=O)Nc1ccc([N+](=O)[O-])cc1Cl. The molecular weight excluding hydrogens is 506 g/mol. The van der Waals surface area contributed by atoms with Gasteiger partial charge in [-0.15, -0.1) is 0 Å². The molecule has 0 radical (unpaired) electrons. The number of carbonyl (C=O) groups is 3. The highest BCUT2D eigenvalue weighted by Crippen LogP contribution is 2.27. The molecule has 0 aromatic heterocycles. The van der Waals surface area contributed by atoms with Crippen molar-refractivity contribution in [2.45, 2.75) is 51.7 Å². The van der Waals surface area contributed by atoms with Gasteiger partial charge in [0.1, 0.15) is 6.04 Å². The zero-order valence-corrected chi connectivity index (χ0v) is 22.4. The number of nitrogens with one attached hydrogen (secondary N) is 2. The third kappa shape index (κ3) is 8.23. The lowest BCUT2D eigenvalue weighted by Crippen LogP contribution is -2.44. The van der Waals surface area contributed by atoms with Gasteiger partial charge in [0.15, 0.2) is 6.10 Å². The molecule has 2 aromatic carbocycles. The van der Waals surface area contributed by atoms with Crippen molar-refractivity contribution in [3.8, 4) is 0 Å². The zero-order chi connectivity index (χ0) is 27.0. The number of carbonyl (C=O) groups excluding carboxylic acids is 3. The molecule has 2 rings (SSSR count). The number of ether oxygens (including phenoxy) is 1. The third-order valence-electron chi connectivity index (χ3n) is 5.30. The first-order chi connectivity index (χ1) is 16.8. The molecule has 2 atom stereocenters. The highest BCUT2D eigenvalue weighted by atomic mass is 35.5. The maximum Gasteiger partial charge on any atom is 0.329 e. The number of nitro groups is 1. The Labute approximate surface area is 219 Å². The Hall–Kier alpha value is -3.11. The molecule has 9 nitrogen and oxygen atoms in total. The van der Waals surface area contributed by atoms with Crippen molar-refractivity contribution in [1.29, 1.82) is 0 Å². The number of thioether (sulfide) groups is 1. The highest BCUT2D eigenvalue weighted by molar-refractivity contribution is 7.98. The number of anilines is 1. The van der Waals surface area contributed by atoms with Gasteiger partial charge in [0, 0.05) is 17.7 Å². The van der Waals surface area contributed by atoms with Crippen molar-refractivity contribution in [3.63, 3.8) is 0 Å². The van der Waals surface area contributed by atoms with Gasteiger partial charge >= 0.3 is 5.97 Å². The van der Waals surface area contributed by atoms with E-state index < -0.39 is 34.9 Å². The molecule has 0 aliphatic carbocycles. The fraction of sp³-hybridized carbons (Fsp3) is 0.400. The van der Waals surface area contributed by atoms with Gasteiger partial charge in [-0.2, -0.15) is 11.8 Å². The molecule has 36 heavy (non-hydrogen) atoms. The molecule has 11 heteroatoms. The minimum Gasteiger partial charge on any atom is -0.451 e. The van der Waals surface area contributed by atoms with Crippen LogP contribution in [0.1, 0.15) is 50.0 Å². The Bertz CT molecular complexity index is 1120. The lowest BCUT2D eigenvalue weighted by atomic mass is 9.86. The van der Waals surface area contributed by atoms with Gasteiger partial charge in [0.2, 0.25) is 0 Å². The van der Waals surface area contributed by atoms with E-state index in [1.165, 1.54) is 30.8 Å². The number of non-ortho nitro benzene ring substituents is 1. The Balaban J connectivity index is 2.05. The monoisotopic (exact) mass is 535 g/mol. The summed E-state index contributed by atoms with van der Waals surface area (Å²) < 4.78 is 5.32. The van der Waals surface area contributed by atoms with Gasteiger partial charge in [-0.05, 0) is 54.5 Å². The molecule has 194 valence electrons. The van der Waals surface area contributed by atoms with Crippen molar-refractivity contribution in [2.75, 3.05) is 17.3 Å². The maximum atomic E-state index is 12.8. The summed E-state index contributed by atoms with van der Waals surface area (Å²) >= 11 is 7.51. The second-order valence-corrected chi connectivity index (χ2v) is 10.5. The second kappa shape index (κ2) is 12.7. The molecule has 2 amide bonds. The Morgan fingerprint density at radius 3 is 2.31 bits per heavy atom. The lowest BCUT2D eigenvalue weighted by molar-refractivity contribution is -0.384. The fourth-order valence-corrected chi connectivity index (χ4v) is 3.80. The molecule has 0 aliphatic heterocycles. The number of hydrogen-bond donors (Lipinski definition) is 2. The van der Waals surface area contributed by atoms with Crippen molar-refractivity contribution in [3.05, 3.63) is 68.7 Å². The number of halogens is 1. The Morgan fingerprint density at radius 1 is 1.14 bits per heavy atom. The van der Waals surface area contributed by atoms with Crippen LogP contribution < -0.4 is 10.6 Å². The number of hydrogen-bond acceptors (Lipinski definition) is 7. The van der Waals surface area contributed by atoms with E-state index in [-0.39, 0.29) is 21.8 Å². The normalized spacial score (nSPS) is 12.8. The summed E-state index contributed by atoms with van der Waals surface area (Å²) in [5, 5.41) is 16.0. The molecule has 0 unspecified atom stereocenters. The van der Waals surface area contributed by atoms with E-state index in [1.807, 2.05) is 18.4 Å². The summed E-state index contributed by atoms with van der Waals surface area (Å²) in [7, 11) is 0. The van der Waals surface area contributed by atoms with Gasteiger partial charge in [-0.3, -0.25) is 19.7 Å². The van der Waals surface area contributed by atoms with Crippen LogP contribution in [0.2, 0.25) is 5.02 Å². The van der Waals surface area contributed by atoms with Crippen molar-refractivity contribution < 1.29 is 24.0 Å². The van der Waals surface area contributed by atoms with E-state index in [0.717, 1.165) is 11.6 Å². The van der Waals surface area contributed by atoms with Crippen molar-refractivity contribution in [2.24, 2.45) is 0 Å². The van der Waals surface area contributed by atoms with Gasteiger partial charge in [0.05, 0.1) is 15.6 Å². The third-order valence-corrected chi connectivity index (χ3v) is 6.25. The highest BCUT2D eigenvalue weighted by Gasteiger charge is 2.27. The van der Waals surface area contributed by atoms with Crippen LogP contribution in [0.3, 0.4) is 0 Å². The molecule has 0 heterocycles. The number of benzene rings is 2. The van der Waals surface area contributed by atoms with E-state index in [4.69, 9.17) is 16.3 Å². The van der Waals surface area contributed by atoms with E-state index in [1.54, 1.807) is 12.1 Å². The molecule has 0 bridgehead atoms. The smallest absolute Gasteiger partial charge is 0.329 e. The fourth-order valence-electron chi connectivity index (χ4n) is 3.11. The van der Waals surface area contributed by atoms with Crippen LogP contribution in [0.5, 0.6) is 0 Å². The van der Waals surface area contributed by atoms with Crippen LogP contribution in [0.4, 0.5) is 11.4 Å². The summed E-state index contributed by atoms with van der Waals surface area (Å²) in [5.41, 5.74) is 1.34. The number of nitro benzene ring substituents is 1. The van der Waals surface area contributed by atoms with Crippen LogP contribution in [-0.4, -0.2) is 46.9 Å². The first kappa shape index (κ1) is 29.1. The Morgan fingerprint density at radius 2 is 1.78 bits per heavy atom. The van der Waals surface area contributed by atoms with Gasteiger partial charge in [0.25, 0.3) is 17.5 Å². The van der Waals surface area contributed by atoms with Crippen molar-refractivity contribution in [1.82, 2.24) is 5.32 Å². The number of amides is 2. The average molecular weight is 536 g/mol. The maximum absolute atomic E-state index is 12.8. The molecule has 0 spiro atoms. The minimum atomic E-state index is -1.21. The van der Waals surface area contributed by atoms with Gasteiger partial charge in [-0.25, -0.2) is 4.79 Å². The number of rotatable bonds is 10. The molecule has 2 aromatic rings. The average Bonchev–Trinajstić information content (AvgIpc) is 2.82. The summed E-state index contributed by atoms with van der Waals surface area (Å²) in [5.74, 6) is -1.26. The molecule has 0 aliphatic rings. The molecule has 0 fully saturated rings. The first-order valence-electron chi connectivity index (χ1n) is 11.2. The van der Waals surface area contributed by atoms with Crippen LogP contribution >= 0.6 is 23.4 Å². The number of esters is 1. The van der Waals surface area contributed by atoms with Gasteiger partial charge < -0.3 is 15.4 Å². The van der Waals surface area contributed by atoms with E-state index in [9.17, 15) is 24.5 Å². The largest absolute Gasteiger partial charge is 0.451 e. The standard InChI is InChI=1S/C25H30ClN3O6S/c1-15(22(30)27-20-11-10-18(29(33)34)14-19(20)26)35-24(32)21(12-13-36-5)28-23(31)16-6-8-17(9-7-16)25(2,3)4/h6-11,14-15,21H,12-13H2,1-5H3,(H,27,30)(H,28,31)/t15-,21-/m1/s1. The molecule has 0 saturated carbocycles. The first-order valence-corrected chi connectivity index (χ1v) is 13.0. The van der Waals surface area contributed by atoms with E-state index >= 15 is 0 Å². The van der Waals surface area contributed by atoms with Crippen LogP contribution in [0.25, 0.3) is 0 Å². The van der Waals surface area contributed by atoms with E-state index in [2.05, 4.69) is 31.4 Å². The predicted octanol–water partition coefficient (Wildman–Crippen LogP) is 4.97. The zero-order valence-electron chi connectivity index (χ0n) is 20.8. The quantitative estimate of drug-likeness (QED) is 0.250. The van der Waals surface area contributed by atoms with Crippen molar-refractivity contribution >= 4 is 52.5 Å². The topological polar surface area (TPSA) is 128 Å². The lowest BCUT2D eigenvalue weighted by Gasteiger charge is -2.21. The predicted molar refractivity (Wildman–Crippen MR) is 142 cm³/mol. The second-order valence-electron chi connectivity index (χ2n) is 9.12. The van der Waals surface area contributed by atoms with Gasteiger partial charge in [-0.1, -0.05) is 44.5 Å².